The zero-order chi connectivity index (χ0) is 26.9. The minimum absolute atomic E-state index is 0.220. The van der Waals surface area contributed by atoms with Gasteiger partial charge in [-0.3, -0.25) is 9.78 Å². The molecule has 0 aromatic carbocycles. The first-order valence-corrected chi connectivity index (χ1v) is 13.2. The lowest BCUT2D eigenvalue weighted by atomic mass is 10.0. The number of carboxylic acid groups (broad SMARTS) is 1. The van der Waals surface area contributed by atoms with Crippen molar-refractivity contribution in [2.45, 2.75) is 70.6 Å². The lowest BCUT2D eigenvalue weighted by Gasteiger charge is -2.17. The number of aryl methyl sites for hydroxylation is 1. The summed E-state index contributed by atoms with van der Waals surface area (Å²) >= 11 is 0. The van der Waals surface area contributed by atoms with E-state index in [1.54, 1.807) is 24.8 Å². The normalized spacial score (nSPS) is 14.1. The lowest BCUT2D eigenvalue weighted by Crippen LogP contribution is -2.22. The van der Waals surface area contributed by atoms with E-state index in [9.17, 15) is 9.59 Å². The topological polar surface area (TPSA) is 160 Å². The summed E-state index contributed by atoms with van der Waals surface area (Å²) in [5, 5.41) is 22.1. The van der Waals surface area contributed by atoms with Crippen molar-refractivity contribution in [3.63, 3.8) is 0 Å². The van der Waals surface area contributed by atoms with Gasteiger partial charge in [0.2, 0.25) is 0 Å². The van der Waals surface area contributed by atoms with Crippen LogP contribution in [0.5, 0.6) is 0 Å². The van der Waals surface area contributed by atoms with Gasteiger partial charge in [0.05, 0.1) is 47.1 Å². The zero-order valence-electron chi connectivity index (χ0n) is 21.7. The summed E-state index contributed by atoms with van der Waals surface area (Å²) in [5.74, 6) is -0.416. The molecule has 0 atom stereocenters. The molecule has 1 fully saturated rings. The van der Waals surface area contributed by atoms with Crippen LogP contribution >= 0.6 is 0 Å². The highest BCUT2D eigenvalue weighted by atomic mass is 16.4. The number of carbonyl (C=O) groups is 2. The van der Waals surface area contributed by atoms with Gasteiger partial charge in [-0.15, -0.1) is 0 Å². The van der Waals surface area contributed by atoms with Crippen molar-refractivity contribution in [3.05, 3.63) is 53.9 Å². The molecular weight excluding hydrogens is 484 g/mol. The van der Waals surface area contributed by atoms with Crippen molar-refractivity contribution in [2.24, 2.45) is 5.73 Å². The quantitative estimate of drug-likeness (QED) is 0.216. The molecule has 0 bridgehead atoms. The zero-order valence-corrected chi connectivity index (χ0v) is 21.7. The Labute approximate surface area is 221 Å². The molecule has 0 aliphatic heterocycles. The average Bonchev–Trinajstić information content (AvgIpc) is 3.58. The largest absolute Gasteiger partial charge is 0.481 e. The van der Waals surface area contributed by atoms with Crippen molar-refractivity contribution >= 4 is 34.7 Å². The van der Waals surface area contributed by atoms with Gasteiger partial charge >= 0.3 is 12.0 Å². The molecule has 6 N–H and O–H groups in total. The number of nitrogens with zero attached hydrogens (tertiary/aromatic N) is 4. The van der Waals surface area contributed by atoms with Gasteiger partial charge in [0.1, 0.15) is 0 Å². The molecule has 11 nitrogen and oxygen atoms in total. The van der Waals surface area contributed by atoms with Crippen LogP contribution in [0.25, 0.3) is 11.3 Å². The SMILES string of the molecule is Cc1cc(NC(=O)Nc2cnc3ccnn3c2C2CCCC2)cnc1/C(N)=C/NCCCCCCC(=O)O. The van der Waals surface area contributed by atoms with Gasteiger partial charge in [-0.1, -0.05) is 25.7 Å². The van der Waals surface area contributed by atoms with Crippen molar-refractivity contribution < 1.29 is 14.7 Å². The van der Waals surface area contributed by atoms with E-state index in [1.807, 2.05) is 23.6 Å². The maximum Gasteiger partial charge on any atom is 0.323 e. The van der Waals surface area contributed by atoms with Gasteiger partial charge in [-0.05, 0) is 44.2 Å². The van der Waals surface area contributed by atoms with E-state index in [1.165, 1.54) is 12.8 Å². The van der Waals surface area contributed by atoms with Crippen molar-refractivity contribution in [2.75, 3.05) is 17.2 Å². The molecule has 0 spiro atoms. The fourth-order valence-electron chi connectivity index (χ4n) is 4.92. The number of unbranched alkanes of at least 4 members (excludes halogenated alkanes) is 3. The van der Waals surface area contributed by atoms with Gasteiger partial charge in [0.25, 0.3) is 0 Å². The highest BCUT2D eigenvalue weighted by Gasteiger charge is 2.24. The molecule has 38 heavy (non-hydrogen) atoms. The highest BCUT2D eigenvalue weighted by Crippen LogP contribution is 2.37. The maximum absolute atomic E-state index is 12.9. The van der Waals surface area contributed by atoms with Gasteiger partial charge in [-0.25, -0.2) is 14.3 Å². The first-order valence-electron chi connectivity index (χ1n) is 13.2. The molecule has 1 aliphatic carbocycles. The number of hydrogen-bond acceptors (Lipinski definition) is 7. The number of nitrogens with two attached hydrogens (primary N) is 1. The van der Waals surface area contributed by atoms with Crippen LogP contribution in [-0.4, -0.2) is 43.2 Å². The number of aromatic nitrogens is 4. The molecule has 11 heteroatoms. The third kappa shape index (κ3) is 6.99. The van der Waals surface area contributed by atoms with E-state index in [4.69, 9.17) is 10.8 Å². The van der Waals surface area contributed by atoms with Crippen LogP contribution in [0.4, 0.5) is 16.2 Å². The maximum atomic E-state index is 12.9. The first-order chi connectivity index (χ1) is 18.4. The summed E-state index contributed by atoms with van der Waals surface area (Å²) in [7, 11) is 0. The number of anilines is 2. The molecule has 3 aromatic rings. The van der Waals surface area contributed by atoms with E-state index in [-0.39, 0.29) is 12.5 Å². The van der Waals surface area contributed by atoms with Crippen LogP contribution in [-0.2, 0) is 4.79 Å². The summed E-state index contributed by atoms with van der Waals surface area (Å²) in [6, 6.07) is 3.32. The minimum Gasteiger partial charge on any atom is -0.481 e. The average molecular weight is 521 g/mol. The van der Waals surface area contributed by atoms with Crippen molar-refractivity contribution in [1.82, 2.24) is 24.9 Å². The summed E-state index contributed by atoms with van der Waals surface area (Å²) in [6.07, 6.45) is 14.9. The Hall–Kier alpha value is -4.15. The van der Waals surface area contributed by atoms with E-state index in [0.29, 0.717) is 35.1 Å². The molecule has 3 aromatic heterocycles. The number of aliphatic carboxylic acids is 1. The molecule has 1 saturated carbocycles. The minimum atomic E-state index is -0.749. The molecule has 202 valence electrons. The fourth-order valence-corrected chi connectivity index (χ4v) is 4.92. The Morgan fingerprint density at radius 3 is 2.68 bits per heavy atom. The van der Waals surface area contributed by atoms with Crippen LogP contribution in [0, 0.1) is 6.92 Å². The molecule has 3 heterocycles. The van der Waals surface area contributed by atoms with Crippen molar-refractivity contribution in [3.8, 4) is 0 Å². The van der Waals surface area contributed by atoms with Crippen LogP contribution < -0.4 is 21.7 Å². The Morgan fingerprint density at radius 1 is 1.13 bits per heavy atom. The van der Waals surface area contributed by atoms with Crippen molar-refractivity contribution in [1.29, 1.82) is 0 Å². The predicted octanol–water partition coefficient (Wildman–Crippen LogP) is 4.62. The molecule has 4 rings (SSSR count). The van der Waals surface area contributed by atoms with Crippen LogP contribution in [0.1, 0.15) is 80.7 Å². The predicted molar refractivity (Wildman–Crippen MR) is 147 cm³/mol. The number of amides is 2. The summed E-state index contributed by atoms with van der Waals surface area (Å²) in [6.45, 7) is 2.64. The second-order valence-electron chi connectivity index (χ2n) is 9.72. The Kier molecular flexibility index (Phi) is 9.12. The number of carboxylic acids is 1. The second kappa shape index (κ2) is 12.9. The highest BCUT2D eigenvalue weighted by molar-refractivity contribution is 6.00. The number of carbonyl (C=O) groups excluding carboxylic acids is 1. The van der Waals surface area contributed by atoms with E-state index < -0.39 is 5.97 Å². The molecule has 1 aliphatic rings. The Morgan fingerprint density at radius 2 is 1.92 bits per heavy atom. The van der Waals surface area contributed by atoms with Gasteiger partial charge in [-0.2, -0.15) is 5.10 Å². The van der Waals surface area contributed by atoms with Crippen LogP contribution in [0.15, 0.2) is 36.9 Å². The summed E-state index contributed by atoms with van der Waals surface area (Å²) in [4.78, 5) is 32.3. The smallest absolute Gasteiger partial charge is 0.323 e. The second-order valence-corrected chi connectivity index (χ2v) is 9.72. The molecule has 2 amide bonds. The first kappa shape index (κ1) is 26.9. The van der Waals surface area contributed by atoms with E-state index in [2.05, 4.69) is 31.0 Å². The van der Waals surface area contributed by atoms with Crippen LogP contribution in [0.2, 0.25) is 0 Å². The van der Waals surface area contributed by atoms with Gasteiger partial charge in [0.15, 0.2) is 5.65 Å². The summed E-state index contributed by atoms with van der Waals surface area (Å²) < 4.78 is 1.83. The molecule has 0 saturated heterocycles. The van der Waals surface area contributed by atoms with E-state index in [0.717, 1.165) is 55.6 Å². The third-order valence-electron chi connectivity index (χ3n) is 6.77. The Balaban J connectivity index is 1.32. The van der Waals surface area contributed by atoms with E-state index >= 15 is 0 Å². The number of pyridine rings is 1. The Bertz CT molecular complexity index is 1300. The van der Waals surface area contributed by atoms with Gasteiger partial charge in [0, 0.05) is 31.1 Å². The molecule has 0 unspecified atom stereocenters. The monoisotopic (exact) mass is 520 g/mol. The number of nitrogens with one attached hydrogen (secondary N) is 3. The van der Waals surface area contributed by atoms with Crippen LogP contribution in [0.3, 0.4) is 0 Å². The number of rotatable bonds is 12. The fraction of sp³-hybridized carbons (Fsp3) is 0.444. The molecular formula is C27H36N8O3. The standard InChI is InChI=1S/C27H36N8O3/c1-18-14-20(15-31-25(18)21(28)16-29-12-7-3-2-4-10-24(36)37)33-27(38)34-22-17-30-23-11-13-32-35(23)26(22)19-8-5-6-9-19/h11,13-17,19,29H,2-10,12,28H2,1H3,(H,36,37)(H2,33,34,38)/b21-16-. The summed E-state index contributed by atoms with van der Waals surface area (Å²) in [5.41, 5.74) is 11.2. The molecule has 0 radical (unpaired) electrons. The number of fused-ring (bicyclic) bond motifs is 1. The van der Waals surface area contributed by atoms with Gasteiger partial charge < -0.3 is 26.8 Å². The number of urea groups is 1. The third-order valence-corrected chi connectivity index (χ3v) is 6.77. The lowest BCUT2D eigenvalue weighted by molar-refractivity contribution is -0.137. The number of hydrogen-bond donors (Lipinski definition) is 5.